The normalized spacial score (nSPS) is 21.3. The van der Waals surface area contributed by atoms with Crippen LogP contribution in [-0.4, -0.2) is 19.3 Å². The zero-order valence-corrected chi connectivity index (χ0v) is 16.8. The molecule has 0 bridgehead atoms. The zero-order chi connectivity index (χ0) is 22.3. The summed E-state index contributed by atoms with van der Waals surface area (Å²) in [5.74, 6) is -6.57. The lowest BCUT2D eigenvalue weighted by Crippen LogP contribution is -2.14. The molecule has 0 spiro atoms. The van der Waals surface area contributed by atoms with E-state index in [0.717, 1.165) is 6.08 Å². The van der Waals surface area contributed by atoms with Crippen molar-refractivity contribution in [3.63, 3.8) is 0 Å². The number of hydrogen-bond acceptors (Lipinski definition) is 3. The molecule has 3 nitrogen and oxygen atoms in total. The number of halogens is 7. The van der Waals surface area contributed by atoms with Crippen LogP contribution >= 0.6 is 11.6 Å². The van der Waals surface area contributed by atoms with Crippen molar-refractivity contribution in [1.82, 2.24) is 0 Å². The average molecular weight is 445 g/mol. The van der Waals surface area contributed by atoms with Crippen LogP contribution in [0, 0.1) is 41.6 Å². The molecule has 1 saturated carbocycles. The summed E-state index contributed by atoms with van der Waals surface area (Å²) in [6, 6.07) is 0. The fourth-order valence-electron chi connectivity index (χ4n) is 3.25. The maximum absolute atomic E-state index is 14.3. The van der Waals surface area contributed by atoms with E-state index in [0.29, 0.717) is 0 Å². The van der Waals surface area contributed by atoms with Gasteiger partial charge in [0.1, 0.15) is 17.5 Å². The van der Waals surface area contributed by atoms with Crippen LogP contribution in [0.3, 0.4) is 0 Å². The Bertz CT molecular complexity index is 818. The minimum atomic E-state index is -4.74. The first kappa shape index (κ1) is 23.5. The highest BCUT2D eigenvalue weighted by Crippen LogP contribution is 2.60. The molecule has 1 aliphatic carbocycles. The molecule has 1 fully saturated rings. The number of ether oxygens (including phenoxy) is 2. The molecule has 0 amide bonds. The van der Waals surface area contributed by atoms with Crippen LogP contribution in [0.4, 0.5) is 26.3 Å². The molecular formula is C19H19ClF6O3. The maximum Gasteiger partial charge on any atom is 0.426 e. The molecule has 0 saturated heterocycles. The summed E-state index contributed by atoms with van der Waals surface area (Å²) in [6.07, 6.45) is -4.01. The van der Waals surface area contributed by atoms with E-state index in [1.807, 2.05) is 0 Å². The second-order valence-corrected chi connectivity index (χ2v) is 7.81. The van der Waals surface area contributed by atoms with E-state index in [4.69, 9.17) is 16.3 Å². The van der Waals surface area contributed by atoms with Crippen LogP contribution in [0.25, 0.3) is 0 Å². The number of carbonyl (C=O) groups excluding carboxylic acids is 1. The number of rotatable bonds is 6. The second kappa shape index (κ2) is 8.18. The highest BCUT2D eigenvalue weighted by Gasteiger charge is 2.62. The molecule has 0 N–H and O–H groups in total. The Balaban J connectivity index is 2.18. The Morgan fingerprint density at radius 3 is 2.17 bits per heavy atom. The van der Waals surface area contributed by atoms with Gasteiger partial charge in [0.25, 0.3) is 0 Å². The van der Waals surface area contributed by atoms with Gasteiger partial charge in [-0.1, -0.05) is 31.5 Å². The van der Waals surface area contributed by atoms with Gasteiger partial charge in [-0.15, -0.1) is 0 Å². The van der Waals surface area contributed by atoms with E-state index in [1.54, 1.807) is 13.8 Å². The van der Waals surface area contributed by atoms with Gasteiger partial charge >= 0.3 is 12.1 Å². The maximum atomic E-state index is 14.3. The van der Waals surface area contributed by atoms with Gasteiger partial charge in [-0.05, 0) is 23.8 Å². The lowest BCUT2D eigenvalue weighted by atomic mass is 10.0. The van der Waals surface area contributed by atoms with Gasteiger partial charge in [-0.3, -0.25) is 4.79 Å². The topological polar surface area (TPSA) is 35.5 Å². The second-order valence-electron chi connectivity index (χ2n) is 7.40. The minimum absolute atomic E-state index is 0.254. The Labute approximate surface area is 168 Å². The van der Waals surface area contributed by atoms with E-state index in [1.165, 1.54) is 14.0 Å². The van der Waals surface area contributed by atoms with Gasteiger partial charge in [-0.2, -0.15) is 13.2 Å². The lowest BCUT2D eigenvalue weighted by Gasteiger charge is -2.14. The highest BCUT2D eigenvalue weighted by atomic mass is 35.5. The highest BCUT2D eigenvalue weighted by molar-refractivity contribution is 6.30. The quantitative estimate of drug-likeness (QED) is 0.327. The summed E-state index contributed by atoms with van der Waals surface area (Å²) in [5, 5.41) is -1.36. The summed E-state index contributed by atoms with van der Waals surface area (Å²) in [5.41, 5.74) is -2.20. The minimum Gasteiger partial charge on any atom is -0.460 e. The van der Waals surface area contributed by atoms with Crippen LogP contribution < -0.4 is 0 Å². The van der Waals surface area contributed by atoms with Crippen LogP contribution in [-0.2, 0) is 27.5 Å². The van der Waals surface area contributed by atoms with Gasteiger partial charge in [0.15, 0.2) is 11.6 Å². The summed E-state index contributed by atoms with van der Waals surface area (Å²) in [6.45, 7) is 3.03. The molecule has 1 aliphatic rings. The third-order valence-corrected chi connectivity index (χ3v) is 5.52. The van der Waals surface area contributed by atoms with Crippen molar-refractivity contribution in [3.05, 3.63) is 45.3 Å². The van der Waals surface area contributed by atoms with Crippen LogP contribution in [0.1, 0.15) is 30.5 Å². The number of benzene rings is 1. The van der Waals surface area contributed by atoms with Crippen molar-refractivity contribution in [3.8, 4) is 0 Å². The van der Waals surface area contributed by atoms with Gasteiger partial charge in [0, 0.05) is 12.7 Å². The molecule has 0 radical (unpaired) electrons. The molecule has 1 aromatic rings. The standard InChI is InChI=1S/C19H19ClF6O3/c1-8-9(15(22)16(23)10(6-28-4)14(8)21)7-29-17(27)13-11(18(13,2)3)5-12(20)19(24,25)26/h5,11,13H,6-7H2,1-4H3/b12-5-/t11-,13-/m1/s1. The van der Waals surface area contributed by atoms with Crippen molar-refractivity contribution in [2.45, 2.75) is 40.2 Å². The van der Waals surface area contributed by atoms with Crippen molar-refractivity contribution in [2.75, 3.05) is 7.11 Å². The molecule has 29 heavy (non-hydrogen) atoms. The number of hydrogen-bond donors (Lipinski definition) is 0. The number of alkyl halides is 3. The van der Waals surface area contributed by atoms with E-state index in [2.05, 4.69) is 4.74 Å². The number of esters is 1. The van der Waals surface area contributed by atoms with E-state index in [9.17, 15) is 31.1 Å². The number of allylic oxidation sites excluding steroid dienone is 2. The molecule has 2 rings (SSSR count). The van der Waals surface area contributed by atoms with Crippen LogP contribution in [0.15, 0.2) is 11.1 Å². The van der Waals surface area contributed by atoms with E-state index >= 15 is 0 Å². The predicted octanol–water partition coefficient (Wildman–Crippen LogP) is 5.56. The van der Waals surface area contributed by atoms with Gasteiger partial charge < -0.3 is 9.47 Å². The summed E-state index contributed by atoms with van der Waals surface area (Å²) < 4.78 is 90.0. The lowest BCUT2D eigenvalue weighted by molar-refractivity contribution is -0.147. The van der Waals surface area contributed by atoms with E-state index in [-0.39, 0.29) is 5.56 Å². The predicted molar refractivity (Wildman–Crippen MR) is 92.3 cm³/mol. The molecule has 2 atom stereocenters. The molecular weight excluding hydrogens is 426 g/mol. The largest absolute Gasteiger partial charge is 0.460 e. The molecule has 1 aromatic carbocycles. The van der Waals surface area contributed by atoms with Crippen molar-refractivity contribution in [1.29, 1.82) is 0 Å². The summed E-state index contributed by atoms with van der Waals surface area (Å²) in [7, 11) is 1.19. The first-order valence-electron chi connectivity index (χ1n) is 8.50. The smallest absolute Gasteiger partial charge is 0.426 e. The van der Waals surface area contributed by atoms with Crippen molar-refractivity contribution < 1.29 is 40.6 Å². The van der Waals surface area contributed by atoms with Gasteiger partial charge in [0.05, 0.1) is 18.1 Å². The summed E-state index contributed by atoms with van der Waals surface area (Å²) >= 11 is 5.22. The Morgan fingerprint density at radius 2 is 1.66 bits per heavy atom. The Kier molecular flexibility index (Phi) is 6.64. The fraction of sp³-hybridized carbons (Fsp3) is 0.526. The number of methoxy groups -OCH3 is 1. The van der Waals surface area contributed by atoms with Crippen LogP contribution in [0.5, 0.6) is 0 Å². The monoisotopic (exact) mass is 444 g/mol. The fourth-order valence-corrected chi connectivity index (χ4v) is 3.39. The van der Waals surface area contributed by atoms with E-state index < -0.39 is 76.2 Å². The number of carbonyl (C=O) groups is 1. The SMILES string of the molecule is COCc1c(F)c(C)c(COC(=O)[C@H]2[C@@H](/C=C(\Cl)C(F)(F)F)C2(C)C)c(F)c1F. The molecule has 162 valence electrons. The Morgan fingerprint density at radius 1 is 1.10 bits per heavy atom. The zero-order valence-electron chi connectivity index (χ0n) is 16.0. The van der Waals surface area contributed by atoms with Crippen molar-refractivity contribution >= 4 is 17.6 Å². The molecule has 0 aromatic heterocycles. The molecule has 0 aliphatic heterocycles. The van der Waals surface area contributed by atoms with Gasteiger partial charge in [0.2, 0.25) is 0 Å². The van der Waals surface area contributed by atoms with Gasteiger partial charge in [-0.25, -0.2) is 13.2 Å². The average Bonchev–Trinajstić information content (AvgIpc) is 3.16. The summed E-state index contributed by atoms with van der Waals surface area (Å²) in [4.78, 5) is 12.3. The third kappa shape index (κ3) is 4.55. The van der Waals surface area contributed by atoms with Crippen LogP contribution in [0.2, 0.25) is 0 Å². The first-order chi connectivity index (χ1) is 13.2. The first-order valence-corrected chi connectivity index (χ1v) is 8.87. The third-order valence-electron chi connectivity index (χ3n) is 5.18. The van der Waals surface area contributed by atoms with Crippen molar-refractivity contribution in [2.24, 2.45) is 17.3 Å². The Hall–Kier alpha value is -1.74. The molecule has 10 heteroatoms. The molecule has 0 unspecified atom stereocenters. The molecule has 0 heterocycles.